The minimum atomic E-state index is -0.343. The molecule has 0 saturated carbocycles. The number of halogens is 1. The molecule has 0 unspecified atom stereocenters. The van der Waals surface area contributed by atoms with E-state index in [2.05, 4.69) is 10.2 Å². The summed E-state index contributed by atoms with van der Waals surface area (Å²) in [6.45, 7) is 6.11. The number of carbonyl (C=O) groups excluding carboxylic acids is 1. The predicted molar refractivity (Wildman–Crippen MR) is 103 cm³/mol. The van der Waals surface area contributed by atoms with Crippen LogP contribution in [0.5, 0.6) is 5.75 Å². The highest BCUT2D eigenvalue weighted by atomic mass is 19.1. The number of urea groups is 1. The number of carbonyl (C=O) groups is 1. The standard InChI is InChI=1S/C21H26FN3O2/c1-16-3-5-17(6-4-16)14-23-21(26)25-11-9-24(10-12-25)15-18-7-8-20(27-2)19(22)13-18/h3-8,13H,9-12,14-15H2,1-2H3,(H,23,26). The van der Waals surface area contributed by atoms with Crippen molar-refractivity contribution in [2.75, 3.05) is 33.3 Å². The molecule has 1 heterocycles. The summed E-state index contributed by atoms with van der Waals surface area (Å²) in [5.74, 6) is -0.0852. The lowest BCUT2D eigenvalue weighted by atomic mass is 10.1. The van der Waals surface area contributed by atoms with Gasteiger partial charge in [-0.2, -0.15) is 0 Å². The second-order valence-corrected chi connectivity index (χ2v) is 6.88. The van der Waals surface area contributed by atoms with E-state index < -0.39 is 0 Å². The Hall–Kier alpha value is -2.60. The van der Waals surface area contributed by atoms with Crippen LogP contribution in [0.4, 0.5) is 9.18 Å². The lowest BCUT2D eigenvalue weighted by Crippen LogP contribution is -2.51. The Balaban J connectivity index is 1.44. The molecule has 2 aromatic rings. The topological polar surface area (TPSA) is 44.8 Å². The zero-order valence-corrected chi connectivity index (χ0v) is 15.9. The zero-order valence-electron chi connectivity index (χ0n) is 15.9. The van der Waals surface area contributed by atoms with Gasteiger partial charge in [-0.3, -0.25) is 4.90 Å². The molecule has 1 N–H and O–H groups in total. The Kier molecular flexibility index (Phi) is 6.29. The van der Waals surface area contributed by atoms with Gasteiger partial charge in [-0.1, -0.05) is 35.9 Å². The molecule has 27 heavy (non-hydrogen) atoms. The van der Waals surface area contributed by atoms with Crippen LogP contribution in [0.2, 0.25) is 0 Å². The van der Waals surface area contributed by atoms with Gasteiger partial charge in [0.15, 0.2) is 11.6 Å². The highest BCUT2D eigenvalue weighted by molar-refractivity contribution is 5.74. The number of nitrogens with zero attached hydrogens (tertiary/aromatic N) is 2. The third kappa shape index (κ3) is 5.20. The van der Waals surface area contributed by atoms with Crippen molar-refractivity contribution in [1.29, 1.82) is 0 Å². The number of rotatable bonds is 5. The van der Waals surface area contributed by atoms with Crippen molar-refractivity contribution in [1.82, 2.24) is 15.1 Å². The second-order valence-electron chi connectivity index (χ2n) is 6.88. The van der Waals surface area contributed by atoms with Crippen molar-refractivity contribution >= 4 is 6.03 Å². The first-order valence-corrected chi connectivity index (χ1v) is 9.18. The fourth-order valence-corrected chi connectivity index (χ4v) is 3.17. The number of piperazine rings is 1. The number of benzene rings is 2. The molecule has 0 radical (unpaired) electrons. The van der Waals surface area contributed by atoms with E-state index in [1.807, 2.05) is 42.2 Å². The molecular weight excluding hydrogens is 345 g/mol. The number of nitrogens with one attached hydrogen (secondary N) is 1. The van der Waals surface area contributed by atoms with Gasteiger partial charge in [0.2, 0.25) is 0 Å². The number of hydrogen-bond acceptors (Lipinski definition) is 3. The fourth-order valence-electron chi connectivity index (χ4n) is 3.17. The Morgan fingerprint density at radius 2 is 1.74 bits per heavy atom. The van der Waals surface area contributed by atoms with Crippen molar-refractivity contribution in [3.05, 3.63) is 65.0 Å². The molecule has 0 aliphatic carbocycles. The van der Waals surface area contributed by atoms with E-state index >= 15 is 0 Å². The average molecular weight is 371 g/mol. The third-order valence-corrected chi connectivity index (χ3v) is 4.85. The smallest absolute Gasteiger partial charge is 0.317 e. The Labute approximate surface area is 159 Å². The van der Waals surface area contributed by atoms with Gasteiger partial charge < -0.3 is 15.0 Å². The van der Waals surface area contributed by atoms with Gasteiger partial charge in [0, 0.05) is 39.3 Å². The van der Waals surface area contributed by atoms with Gasteiger partial charge in [0.25, 0.3) is 0 Å². The minimum absolute atomic E-state index is 0.0364. The maximum absolute atomic E-state index is 13.8. The van der Waals surface area contributed by atoms with E-state index in [1.165, 1.54) is 18.7 Å². The first-order chi connectivity index (χ1) is 13.0. The first-order valence-electron chi connectivity index (χ1n) is 9.18. The molecule has 1 aliphatic heterocycles. The van der Waals surface area contributed by atoms with E-state index in [9.17, 15) is 9.18 Å². The minimum Gasteiger partial charge on any atom is -0.494 e. The average Bonchev–Trinajstić information content (AvgIpc) is 2.68. The summed E-state index contributed by atoms with van der Waals surface area (Å²) in [5.41, 5.74) is 3.21. The van der Waals surface area contributed by atoms with Crippen LogP contribution in [0, 0.1) is 12.7 Å². The molecule has 144 valence electrons. The Bertz CT molecular complexity index is 771. The molecule has 2 amide bonds. The van der Waals surface area contributed by atoms with Gasteiger partial charge >= 0.3 is 6.03 Å². The molecule has 1 saturated heterocycles. The van der Waals surface area contributed by atoms with E-state index in [4.69, 9.17) is 4.74 Å². The van der Waals surface area contributed by atoms with Gasteiger partial charge in [-0.25, -0.2) is 9.18 Å². The van der Waals surface area contributed by atoms with Gasteiger partial charge in [0.05, 0.1) is 7.11 Å². The highest BCUT2D eigenvalue weighted by Crippen LogP contribution is 2.19. The van der Waals surface area contributed by atoms with E-state index in [0.29, 0.717) is 26.2 Å². The number of amides is 2. The summed E-state index contributed by atoms with van der Waals surface area (Å²) in [5, 5.41) is 2.98. The normalized spacial score (nSPS) is 14.9. The molecule has 5 nitrogen and oxygen atoms in total. The van der Waals surface area contributed by atoms with Crippen molar-refractivity contribution in [2.45, 2.75) is 20.0 Å². The first kappa shape index (κ1) is 19.2. The van der Waals surface area contributed by atoms with Crippen LogP contribution in [-0.4, -0.2) is 49.1 Å². The van der Waals surface area contributed by atoms with Crippen LogP contribution < -0.4 is 10.1 Å². The van der Waals surface area contributed by atoms with Crippen molar-refractivity contribution < 1.29 is 13.9 Å². The molecular formula is C21H26FN3O2. The molecule has 1 aliphatic rings. The van der Waals surface area contributed by atoms with Crippen molar-refractivity contribution in [3.63, 3.8) is 0 Å². The monoisotopic (exact) mass is 371 g/mol. The molecule has 1 fully saturated rings. The fraction of sp³-hybridized carbons (Fsp3) is 0.381. The van der Waals surface area contributed by atoms with Crippen LogP contribution in [-0.2, 0) is 13.1 Å². The summed E-state index contributed by atoms with van der Waals surface area (Å²) >= 11 is 0. The molecule has 2 aromatic carbocycles. The Morgan fingerprint density at radius 1 is 1.07 bits per heavy atom. The highest BCUT2D eigenvalue weighted by Gasteiger charge is 2.21. The van der Waals surface area contributed by atoms with Gasteiger partial charge in [-0.05, 0) is 30.2 Å². The quantitative estimate of drug-likeness (QED) is 0.878. The number of aryl methyl sites for hydroxylation is 1. The van der Waals surface area contributed by atoms with Crippen LogP contribution in [0.3, 0.4) is 0 Å². The van der Waals surface area contributed by atoms with Crippen LogP contribution in [0.15, 0.2) is 42.5 Å². The van der Waals surface area contributed by atoms with Crippen LogP contribution in [0.1, 0.15) is 16.7 Å². The lowest BCUT2D eigenvalue weighted by Gasteiger charge is -2.34. The molecule has 3 rings (SSSR count). The lowest BCUT2D eigenvalue weighted by molar-refractivity contribution is 0.135. The van der Waals surface area contributed by atoms with E-state index in [1.54, 1.807) is 6.07 Å². The second kappa shape index (κ2) is 8.86. The molecule has 0 spiro atoms. The summed E-state index contributed by atoms with van der Waals surface area (Å²) < 4.78 is 18.8. The van der Waals surface area contributed by atoms with E-state index in [-0.39, 0.29) is 17.6 Å². The maximum atomic E-state index is 13.8. The number of methoxy groups -OCH3 is 1. The number of hydrogen-bond donors (Lipinski definition) is 1. The summed E-state index contributed by atoms with van der Waals surface area (Å²) in [6.07, 6.45) is 0. The summed E-state index contributed by atoms with van der Waals surface area (Å²) in [7, 11) is 1.46. The van der Waals surface area contributed by atoms with Gasteiger partial charge in [0.1, 0.15) is 0 Å². The molecule has 0 bridgehead atoms. The largest absolute Gasteiger partial charge is 0.494 e. The zero-order chi connectivity index (χ0) is 19.2. The Morgan fingerprint density at radius 3 is 2.37 bits per heavy atom. The van der Waals surface area contributed by atoms with Crippen LogP contribution >= 0.6 is 0 Å². The maximum Gasteiger partial charge on any atom is 0.317 e. The molecule has 0 aromatic heterocycles. The van der Waals surface area contributed by atoms with E-state index in [0.717, 1.165) is 24.2 Å². The molecule has 0 atom stereocenters. The predicted octanol–water partition coefficient (Wildman–Crippen LogP) is 3.17. The summed E-state index contributed by atoms with van der Waals surface area (Å²) in [6, 6.07) is 13.2. The summed E-state index contributed by atoms with van der Waals surface area (Å²) in [4.78, 5) is 16.4. The molecule has 6 heteroatoms. The van der Waals surface area contributed by atoms with Crippen molar-refractivity contribution in [3.8, 4) is 5.75 Å². The number of ether oxygens (including phenoxy) is 1. The third-order valence-electron chi connectivity index (χ3n) is 4.85. The van der Waals surface area contributed by atoms with Crippen LogP contribution in [0.25, 0.3) is 0 Å². The SMILES string of the molecule is COc1ccc(CN2CCN(C(=O)NCc3ccc(C)cc3)CC2)cc1F. The van der Waals surface area contributed by atoms with Gasteiger partial charge in [-0.15, -0.1) is 0 Å². The van der Waals surface area contributed by atoms with Crippen molar-refractivity contribution in [2.24, 2.45) is 0 Å².